The number of hydrogen-bond acceptors (Lipinski definition) is 9. The van der Waals surface area contributed by atoms with Crippen molar-refractivity contribution < 1.29 is 14.3 Å². The summed E-state index contributed by atoms with van der Waals surface area (Å²) in [6, 6.07) is 16.1. The van der Waals surface area contributed by atoms with E-state index in [9.17, 15) is 4.79 Å². The first-order chi connectivity index (χ1) is 20.0. The fourth-order valence-electron chi connectivity index (χ4n) is 5.07. The van der Waals surface area contributed by atoms with Gasteiger partial charge in [0, 0.05) is 36.8 Å². The lowest BCUT2D eigenvalue weighted by Gasteiger charge is -2.40. The highest BCUT2D eigenvalue weighted by molar-refractivity contribution is 7.98. The van der Waals surface area contributed by atoms with Gasteiger partial charge in [-0.2, -0.15) is 14.6 Å². The Balaban J connectivity index is 1.38. The van der Waals surface area contributed by atoms with Crippen LogP contribution in [0.25, 0.3) is 16.8 Å². The standard InChI is InChI=1S/C30H35N7O3S/c1-20(35-14-16-40-17-15-35)36(19-21-4-12-25(39-2)13-5-21)30-34-29(41-3)33-27-26(18-31-37(27)30)22-6-8-23(9-7-22)28(38)32-24-10-11-24/h4-9,12-13,18,20,24H,10-11,14-17,19H2,1-3H3,(H,32,38). The molecule has 41 heavy (non-hydrogen) atoms. The van der Waals surface area contributed by atoms with Crippen molar-refractivity contribution in [3.63, 3.8) is 0 Å². The minimum Gasteiger partial charge on any atom is -0.497 e. The van der Waals surface area contributed by atoms with Gasteiger partial charge >= 0.3 is 0 Å². The number of morpholine rings is 1. The number of fused-ring (bicyclic) bond motifs is 1. The molecule has 3 heterocycles. The maximum atomic E-state index is 12.5. The topological polar surface area (TPSA) is 97.1 Å². The molecule has 1 saturated carbocycles. The number of carbonyl (C=O) groups is 1. The van der Waals surface area contributed by atoms with Gasteiger partial charge in [0.05, 0.1) is 32.7 Å². The third-order valence-electron chi connectivity index (χ3n) is 7.68. The third-order valence-corrected chi connectivity index (χ3v) is 8.23. The molecule has 1 aliphatic heterocycles. The number of amides is 1. The molecule has 1 N–H and O–H groups in total. The summed E-state index contributed by atoms with van der Waals surface area (Å²) in [5.41, 5.74) is 4.35. The lowest BCUT2D eigenvalue weighted by Crippen LogP contribution is -2.51. The number of methoxy groups -OCH3 is 1. The van der Waals surface area contributed by atoms with E-state index in [0.29, 0.717) is 36.5 Å². The first-order valence-corrected chi connectivity index (χ1v) is 15.2. The summed E-state index contributed by atoms with van der Waals surface area (Å²) >= 11 is 1.51. The van der Waals surface area contributed by atoms with E-state index >= 15 is 0 Å². The lowest BCUT2D eigenvalue weighted by molar-refractivity contribution is 0.0189. The molecule has 2 aromatic carbocycles. The monoisotopic (exact) mass is 573 g/mol. The summed E-state index contributed by atoms with van der Waals surface area (Å²) in [6.45, 7) is 5.93. The summed E-state index contributed by atoms with van der Waals surface area (Å²) < 4.78 is 12.9. The van der Waals surface area contributed by atoms with Crippen molar-refractivity contribution in [1.82, 2.24) is 29.8 Å². The van der Waals surface area contributed by atoms with E-state index < -0.39 is 0 Å². The van der Waals surface area contributed by atoms with Crippen molar-refractivity contribution in [2.75, 3.05) is 44.6 Å². The number of carbonyl (C=O) groups excluding carboxylic acids is 1. The maximum absolute atomic E-state index is 12.5. The Labute approximate surface area is 244 Å². The van der Waals surface area contributed by atoms with Gasteiger partial charge in [0.15, 0.2) is 10.8 Å². The molecule has 11 heteroatoms. The fraction of sp³-hybridized carbons (Fsp3) is 0.400. The maximum Gasteiger partial charge on any atom is 0.251 e. The van der Waals surface area contributed by atoms with Crippen LogP contribution in [0.4, 0.5) is 5.95 Å². The van der Waals surface area contributed by atoms with E-state index in [-0.39, 0.29) is 12.1 Å². The molecule has 1 aliphatic carbocycles. The molecular formula is C30H35N7O3S. The van der Waals surface area contributed by atoms with Crippen LogP contribution in [0.1, 0.15) is 35.7 Å². The summed E-state index contributed by atoms with van der Waals surface area (Å²) in [4.78, 5) is 27.1. The Bertz CT molecular complexity index is 1500. The molecule has 1 amide bonds. The normalized spacial score (nSPS) is 16.5. The van der Waals surface area contributed by atoms with E-state index in [0.717, 1.165) is 60.0 Å². The van der Waals surface area contributed by atoms with Crippen LogP contribution in [0, 0.1) is 0 Å². The second kappa shape index (κ2) is 12.1. The van der Waals surface area contributed by atoms with Crippen molar-refractivity contribution in [2.24, 2.45) is 0 Å². The van der Waals surface area contributed by atoms with Crippen molar-refractivity contribution in [2.45, 2.75) is 43.7 Å². The van der Waals surface area contributed by atoms with Crippen LogP contribution in [0.15, 0.2) is 59.9 Å². The number of nitrogens with one attached hydrogen (secondary N) is 1. The molecule has 1 atom stereocenters. The zero-order valence-electron chi connectivity index (χ0n) is 23.6. The summed E-state index contributed by atoms with van der Waals surface area (Å²) in [6.07, 6.45) is 5.97. The van der Waals surface area contributed by atoms with Gasteiger partial charge in [-0.25, -0.2) is 4.98 Å². The van der Waals surface area contributed by atoms with Gasteiger partial charge in [0.1, 0.15) is 5.75 Å². The number of aromatic nitrogens is 4. The summed E-state index contributed by atoms with van der Waals surface area (Å²) in [7, 11) is 1.68. The molecule has 1 saturated heterocycles. The molecule has 0 spiro atoms. The smallest absolute Gasteiger partial charge is 0.251 e. The predicted octanol–water partition coefficient (Wildman–Crippen LogP) is 4.10. The average molecular weight is 574 g/mol. The van der Waals surface area contributed by atoms with Gasteiger partial charge in [0.25, 0.3) is 5.91 Å². The molecule has 0 radical (unpaired) electrons. The minimum absolute atomic E-state index is 0.0283. The Morgan fingerprint density at radius 1 is 1.12 bits per heavy atom. The van der Waals surface area contributed by atoms with E-state index in [4.69, 9.17) is 24.5 Å². The van der Waals surface area contributed by atoms with Gasteiger partial charge in [-0.1, -0.05) is 36.0 Å². The second-order valence-electron chi connectivity index (χ2n) is 10.4. The highest BCUT2D eigenvalue weighted by Gasteiger charge is 2.28. The molecule has 10 nitrogen and oxygen atoms in total. The van der Waals surface area contributed by atoms with E-state index in [1.54, 1.807) is 7.11 Å². The predicted molar refractivity (Wildman–Crippen MR) is 160 cm³/mol. The lowest BCUT2D eigenvalue weighted by atomic mass is 10.1. The average Bonchev–Trinajstić information content (AvgIpc) is 3.74. The summed E-state index contributed by atoms with van der Waals surface area (Å²) in [5.74, 6) is 1.52. The van der Waals surface area contributed by atoms with Crippen LogP contribution in [0.2, 0.25) is 0 Å². The number of nitrogens with zero attached hydrogens (tertiary/aromatic N) is 6. The number of rotatable bonds is 10. The number of thioether (sulfide) groups is 1. The molecule has 6 rings (SSSR count). The Hall–Kier alpha value is -3.67. The zero-order chi connectivity index (χ0) is 28.3. The van der Waals surface area contributed by atoms with Crippen molar-refractivity contribution >= 4 is 29.3 Å². The van der Waals surface area contributed by atoms with Crippen molar-refractivity contribution in [3.05, 3.63) is 65.9 Å². The Morgan fingerprint density at radius 2 is 1.85 bits per heavy atom. The van der Waals surface area contributed by atoms with Crippen LogP contribution < -0.4 is 15.0 Å². The van der Waals surface area contributed by atoms with Crippen LogP contribution in [0.5, 0.6) is 5.75 Å². The van der Waals surface area contributed by atoms with Crippen molar-refractivity contribution in [3.8, 4) is 16.9 Å². The Kier molecular flexibility index (Phi) is 8.09. The van der Waals surface area contributed by atoms with Gasteiger partial charge in [0.2, 0.25) is 5.95 Å². The summed E-state index contributed by atoms with van der Waals surface area (Å²) in [5, 5.41) is 8.51. The van der Waals surface area contributed by atoms with Crippen LogP contribution in [-0.4, -0.2) is 82.3 Å². The van der Waals surface area contributed by atoms with Crippen LogP contribution >= 0.6 is 11.8 Å². The third kappa shape index (κ3) is 6.02. The van der Waals surface area contributed by atoms with E-state index in [1.807, 2.05) is 53.4 Å². The molecular weight excluding hydrogens is 538 g/mol. The number of anilines is 1. The fourth-order valence-corrected chi connectivity index (χ4v) is 5.42. The molecule has 0 bridgehead atoms. The molecule has 1 unspecified atom stereocenters. The van der Waals surface area contributed by atoms with Gasteiger partial charge in [-0.3, -0.25) is 9.69 Å². The second-order valence-corrected chi connectivity index (χ2v) is 11.2. The first-order valence-electron chi connectivity index (χ1n) is 14.0. The van der Waals surface area contributed by atoms with Crippen LogP contribution in [-0.2, 0) is 11.3 Å². The zero-order valence-corrected chi connectivity index (χ0v) is 24.4. The minimum atomic E-state index is -0.0283. The SMILES string of the molecule is COc1ccc(CN(c2nc(SC)nc3c(-c4ccc(C(=O)NC5CC5)cc4)cnn23)C(C)N2CCOCC2)cc1. The molecule has 214 valence electrons. The largest absolute Gasteiger partial charge is 0.497 e. The molecule has 2 fully saturated rings. The first kappa shape index (κ1) is 27.5. The highest BCUT2D eigenvalue weighted by Crippen LogP contribution is 2.30. The molecule has 4 aromatic rings. The van der Waals surface area contributed by atoms with Crippen molar-refractivity contribution in [1.29, 1.82) is 0 Å². The number of ether oxygens (including phenoxy) is 2. The van der Waals surface area contributed by atoms with Gasteiger partial charge in [-0.05, 0) is 61.4 Å². The van der Waals surface area contributed by atoms with Gasteiger partial charge in [-0.15, -0.1) is 0 Å². The van der Waals surface area contributed by atoms with E-state index in [1.165, 1.54) is 11.8 Å². The number of benzene rings is 2. The van der Waals surface area contributed by atoms with Crippen LogP contribution in [0.3, 0.4) is 0 Å². The quantitative estimate of drug-likeness (QED) is 0.281. The highest BCUT2D eigenvalue weighted by atomic mass is 32.2. The molecule has 2 aromatic heterocycles. The molecule has 2 aliphatic rings. The van der Waals surface area contributed by atoms with E-state index in [2.05, 4.69) is 34.2 Å². The van der Waals surface area contributed by atoms with Gasteiger partial charge < -0.3 is 19.7 Å². The number of hydrogen-bond donors (Lipinski definition) is 1. The Morgan fingerprint density at radius 3 is 2.51 bits per heavy atom.